The van der Waals surface area contributed by atoms with Crippen molar-refractivity contribution in [1.29, 1.82) is 0 Å². The van der Waals surface area contributed by atoms with E-state index in [9.17, 15) is 19.7 Å². The van der Waals surface area contributed by atoms with Crippen LogP contribution in [0.1, 0.15) is 32.6 Å². The Balaban J connectivity index is 1.76. The van der Waals surface area contributed by atoms with Crippen LogP contribution in [0.2, 0.25) is 0 Å². The number of anilines is 2. The highest BCUT2D eigenvalue weighted by Gasteiger charge is 2.23. The number of ether oxygens (including phenoxy) is 2. The van der Waals surface area contributed by atoms with Crippen molar-refractivity contribution in [3.8, 4) is 0 Å². The molecule has 0 spiro atoms. The molecule has 32 heavy (non-hydrogen) atoms. The molecule has 0 aliphatic carbocycles. The highest BCUT2D eigenvalue weighted by atomic mass is 32.1. The predicted molar refractivity (Wildman–Crippen MR) is 123 cm³/mol. The topological polar surface area (TPSA) is 136 Å². The fourth-order valence-corrected chi connectivity index (χ4v) is 4.15. The van der Waals surface area contributed by atoms with E-state index < -0.39 is 16.8 Å². The average molecular weight is 480 g/mol. The zero-order valence-electron chi connectivity index (χ0n) is 17.4. The Hall–Kier alpha value is -3.16. The van der Waals surface area contributed by atoms with Crippen LogP contribution in [0.5, 0.6) is 0 Å². The third-order valence-electron chi connectivity index (χ3n) is 4.49. The summed E-state index contributed by atoms with van der Waals surface area (Å²) in [4.78, 5) is 42.0. The number of carbonyl (C=O) groups excluding carboxylic acids is 2. The van der Waals surface area contributed by atoms with Gasteiger partial charge in [0.2, 0.25) is 0 Å². The molecule has 0 radical (unpaired) electrons. The molecule has 1 aromatic heterocycles. The lowest BCUT2D eigenvalue weighted by molar-refractivity contribution is -0.384. The van der Waals surface area contributed by atoms with E-state index in [1.54, 1.807) is 19.9 Å². The van der Waals surface area contributed by atoms with Crippen molar-refractivity contribution in [3.05, 3.63) is 44.4 Å². The maximum atomic E-state index is 12.9. The fraction of sp³-hybridized carbons (Fsp3) is 0.368. The van der Waals surface area contributed by atoms with Crippen molar-refractivity contribution in [2.45, 2.75) is 13.8 Å². The number of thiazole rings is 1. The molecule has 11 nitrogen and oxygen atoms in total. The van der Waals surface area contributed by atoms with Crippen LogP contribution in [0.15, 0.2) is 18.2 Å². The third kappa shape index (κ3) is 5.55. The maximum absolute atomic E-state index is 12.9. The van der Waals surface area contributed by atoms with Crippen molar-refractivity contribution in [2.75, 3.05) is 43.1 Å². The minimum atomic E-state index is -0.605. The molecule has 0 bridgehead atoms. The standard InChI is InChI=1S/C19H21N5O6S2/c1-3-30-17(26)15-11(2)20-19(32-15)22-18(31)21-16(25)13-10-12(24(27)28)4-5-14(13)23-6-8-29-9-7-23/h4-5,10H,3,6-9H2,1-2H3,(H2,20,21,22,25,31). The van der Waals surface area contributed by atoms with Crippen molar-refractivity contribution in [3.63, 3.8) is 0 Å². The fourth-order valence-electron chi connectivity index (χ4n) is 3.03. The summed E-state index contributed by atoms with van der Waals surface area (Å²) in [5.41, 5.74) is 0.931. The highest BCUT2D eigenvalue weighted by molar-refractivity contribution is 7.80. The number of nitrogens with zero attached hydrogens (tertiary/aromatic N) is 3. The van der Waals surface area contributed by atoms with Gasteiger partial charge in [-0.2, -0.15) is 0 Å². The zero-order chi connectivity index (χ0) is 23.3. The molecule has 1 saturated heterocycles. The summed E-state index contributed by atoms with van der Waals surface area (Å²) in [7, 11) is 0. The van der Waals surface area contributed by atoms with Crippen LogP contribution in [0, 0.1) is 17.0 Å². The van der Waals surface area contributed by atoms with E-state index in [1.165, 1.54) is 12.1 Å². The summed E-state index contributed by atoms with van der Waals surface area (Å²) >= 11 is 6.25. The molecule has 13 heteroatoms. The van der Waals surface area contributed by atoms with E-state index >= 15 is 0 Å². The van der Waals surface area contributed by atoms with Crippen molar-refractivity contribution in [2.24, 2.45) is 0 Å². The predicted octanol–water partition coefficient (Wildman–Crippen LogP) is 2.50. The molecule has 0 saturated carbocycles. The molecule has 3 rings (SSSR count). The number of carbonyl (C=O) groups is 2. The van der Waals surface area contributed by atoms with Gasteiger partial charge in [-0.15, -0.1) is 0 Å². The first-order valence-corrected chi connectivity index (χ1v) is 10.9. The van der Waals surface area contributed by atoms with E-state index in [1.807, 2.05) is 4.90 Å². The second-order valence-corrected chi connectivity index (χ2v) is 8.03. The van der Waals surface area contributed by atoms with Crippen molar-refractivity contribution < 1.29 is 24.0 Å². The molecule has 0 atom stereocenters. The first-order valence-electron chi connectivity index (χ1n) is 9.68. The van der Waals surface area contributed by atoms with E-state index in [0.717, 1.165) is 11.3 Å². The Morgan fingerprint density at radius 2 is 2.09 bits per heavy atom. The monoisotopic (exact) mass is 479 g/mol. The van der Waals surface area contributed by atoms with Gasteiger partial charge >= 0.3 is 5.97 Å². The molecule has 1 fully saturated rings. The van der Waals surface area contributed by atoms with Gasteiger partial charge < -0.3 is 19.7 Å². The number of nitro benzene ring substituents is 1. The van der Waals surface area contributed by atoms with Crippen LogP contribution in [-0.2, 0) is 9.47 Å². The van der Waals surface area contributed by atoms with Crippen LogP contribution < -0.4 is 15.5 Å². The van der Waals surface area contributed by atoms with Gasteiger partial charge in [0.05, 0.1) is 41.7 Å². The number of hydrogen-bond donors (Lipinski definition) is 2. The number of nitro groups is 1. The number of morpholine rings is 1. The number of non-ortho nitro benzene ring substituents is 1. The number of benzene rings is 1. The molecular formula is C19H21N5O6S2. The summed E-state index contributed by atoms with van der Waals surface area (Å²) in [6, 6.07) is 4.12. The number of amides is 1. The first-order chi connectivity index (χ1) is 15.3. The maximum Gasteiger partial charge on any atom is 0.350 e. The normalized spacial score (nSPS) is 13.4. The quantitative estimate of drug-likeness (QED) is 0.275. The van der Waals surface area contributed by atoms with Crippen molar-refractivity contribution in [1.82, 2.24) is 10.3 Å². The number of thiocarbonyl (C=S) groups is 1. The second kappa shape index (κ2) is 10.4. The Labute approximate surface area is 192 Å². The molecular weight excluding hydrogens is 458 g/mol. The van der Waals surface area contributed by atoms with E-state index in [4.69, 9.17) is 21.7 Å². The number of aromatic nitrogens is 1. The number of nitrogens with one attached hydrogen (secondary N) is 2. The smallest absolute Gasteiger partial charge is 0.350 e. The molecule has 2 heterocycles. The van der Waals surface area contributed by atoms with E-state index in [-0.39, 0.29) is 23.0 Å². The van der Waals surface area contributed by atoms with Gasteiger partial charge in [-0.1, -0.05) is 11.3 Å². The molecule has 0 unspecified atom stereocenters. The Morgan fingerprint density at radius 1 is 1.38 bits per heavy atom. The number of esters is 1. The Kier molecular flexibility index (Phi) is 7.66. The Bertz CT molecular complexity index is 1050. The van der Waals surface area contributed by atoms with Crippen molar-refractivity contribution >= 4 is 57.0 Å². The SMILES string of the molecule is CCOC(=O)c1sc(NC(=S)NC(=O)c2cc([N+](=O)[O-])ccc2N2CCOCC2)nc1C. The lowest BCUT2D eigenvalue weighted by Gasteiger charge is -2.30. The number of rotatable bonds is 6. The first kappa shape index (κ1) is 23.5. The highest BCUT2D eigenvalue weighted by Crippen LogP contribution is 2.27. The van der Waals surface area contributed by atoms with Gasteiger partial charge in [0.25, 0.3) is 11.6 Å². The van der Waals surface area contributed by atoms with Crippen LogP contribution in [0.4, 0.5) is 16.5 Å². The van der Waals surface area contributed by atoms with Gasteiger partial charge in [-0.25, -0.2) is 9.78 Å². The minimum Gasteiger partial charge on any atom is -0.462 e. The largest absolute Gasteiger partial charge is 0.462 e. The average Bonchev–Trinajstić information content (AvgIpc) is 3.13. The number of aryl methyl sites for hydroxylation is 1. The van der Waals surface area contributed by atoms with Gasteiger partial charge in [0, 0.05) is 25.2 Å². The van der Waals surface area contributed by atoms with Crippen LogP contribution in [-0.4, -0.2) is 59.8 Å². The van der Waals surface area contributed by atoms with Gasteiger partial charge in [-0.05, 0) is 32.1 Å². The molecule has 170 valence electrons. The van der Waals surface area contributed by atoms with Crippen LogP contribution >= 0.6 is 23.6 Å². The Morgan fingerprint density at radius 3 is 2.75 bits per heavy atom. The molecule has 1 amide bonds. The minimum absolute atomic E-state index is 0.0569. The molecule has 1 aliphatic rings. The second-order valence-electron chi connectivity index (χ2n) is 6.62. The van der Waals surface area contributed by atoms with E-state index in [0.29, 0.717) is 47.7 Å². The van der Waals surface area contributed by atoms with Crippen LogP contribution in [0.3, 0.4) is 0 Å². The van der Waals surface area contributed by atoms with Gasteiger partial charge in [0.1, 0.15) is 4.88 Å². The summed E-state index contributed by atoms with van der Waals surface area (Å²) in [6.45, 7) is 5.69. The molecule has 2 aromatic rings. The van der Waals surface area contributed by atoms with E-state index in [2.05, 4.69) is 15.6 Å². The summed E-state index contributed by atoms with van der Waals surface area (Å²) in [5.74, 6) is -1.09. The van der Waals surface area contributed by atoms with Gasteiger partial charge in [0.15, 0.2) is 10.2 Å². The molecule has 1 aliphatic heterocycles. The lowest BCUT2D eigenvalue weighted by Crippen LogP contribution is -2.39. The molecule has 1 aromatic carbocycles. The number of hydrogen-bond acceptors (Lipinski definition) is 10. The van der Waals surface area contributed by atoms with Crippen LogP contribution in [0.25, 0.3) is 0 Å². The van der Waals surface area contributed by atoms with Gasteiger partial charge in [-0.3, -0.25) is 20.2 Å². The third-order valence-corrected chi connectivity index (χ3v) is 5.75. The summed E-state index contributed by atoms with van der Waals surface area (Å²) in [6.07, 6.45) is 0. The summed E-state index contributed by atoms with van der Waals surface area (Å²) in [5, 5.41) is 16.8. The summed E-state index contributed by atoms with van der Waals surface area (Å²) < 4.78 is 10.3. The lowest BCUT2D eigenvalue weighted by atomic mass is 10.1. The zero-order valence-corrected chi connectivity index (χ0v) is 19.0. The molecule has 2 N–H and O–H groups in total.